The van der Waals surface area contributed by atoms with Crippen LogP contribution >= 0.6 is 11.3 Å². The summed E-state index contributed by atoms with van der Waals surface area (Å²) < 4.78 is 0. The fourth-order valence-corrected chi connectivity index (χ4v) is 7.89. The Bertz CT molecular complexity index is 2530. The number of carbonyl (C=O) groups is 1. The molecule has 0 saturated carbocycles. The first kappa shape index (κ1) is 33.8. The van der Waals surface area contributed by atoms with Gasteiger partial charge in [-0.05, 0) is 86.7 Å². The average molecular weight is 685 g/mol. The maximum absolute atomic E-state index is 11.7. The van der Waals surface area contributed by atoms with E-state index in [1.807, 2.05) is 12.1 Å². The summed E-state index contributed by atoms with van der Waals surface area (Å²) in [7, 11) is 0. The van der Waals surface area contributed by atoms with Crippen LogP contribution in [0, 0.1) is 11.3 Å². The molecule has 51 heavy (non-hydrogen) atoms. The third-order valence-corrected chi connectivity index (χ3v) is 10.6. The Balaban J connectivity index is 1.67. The Kier molecular flexibility index (Phi) is 8.53. The van der Waals surface area contributed by atoms with Gasteiger partial charge in [0.25, 0.3) is 0 Å². The largest absolute Gasteiger partial charge is 0.477 e. The predicted molar refractivity (Wildman–Crippen MR) is 216 cm³/mol. The van der Waals surface area contributed by atoms with Gasteiger partial charge in [-0.3, -0.25) is 0 Å². The van der Waals surface area contributed by atoms with Gasteiger partial charge in [0.2, 0.25) is 0 Å². The summed E-state index contributed by atoms with van der Waals surface area (Å²) in [5.74, 6) is -1.23. The van der Waals surface area contributed by atoms with Crippen LogP contribution in [0.5, 0.6) is 0 Å². The molecule has 0 bridgehead atoms. The van der Waals surface area contributed by atoms with Gasteiger partial charge in [-0.1, -0.05) is 120 Å². The van der Waals surface area contributed by atoms with Crippen molar-refractivity contribution in [3.05, 3.63) is 143 Å². The van der Waals surface area contributed by atoms with E-state index in [1.165, 1.54) is 33.9 Å². The zero-order valence-electron chi connectivity index (χ0n) is 29.8. The molecule has 7 aromatic rings. The number of para-hydroxylation sites is 1. The summed E-state index contributed by atoms with van der Waals surface area (Å²) in [5.41, 5.74) is 6.33. The molecule has 0 radical (unpaired) electrons. The molecular formula is C46H40N2O2S. The summed E-state index contributed by atoms with van der Waals surface area (Å²) in [5, 5.41) is 25.9. The minimum atomic E-state index is -1.23. The highest BCUT2D eigenvalue weighted by atomic mass is 32.1. The van der Waals surface area contributed by atoms with Crippen LogP contribution in [0.1, 0.15) is 57.5 Å². The van der Waals surface area contributed by atoms with Crippen molar-refractivity contribution in [1.82, 2.24) is 0 Å². The zero-order valence-corrected chi connectivity index (χ0v) is 30.6. The summed E-state index contributed by atoms with van der Waals surface area (Å²) >= 11 is 1.50. The first-order chi connectivity index (χ1) is 24.3. The fraction of sp³-hybridized carbons (Fsp3) is 0.174. The smallest absolute Gasteiger partial charge is 0.346 e. The maximum Gasteiger partial charge on any atom is 0.346 e. The van der Waals surface area contributed by atoms with E-state index >= 15 is 0 Å². The molecular weight excluding hydrogens is 645 g/mol. The third-order valence-electron chi connectivity index (χ3n) is 9.58. The van der Waals surface area contributed by atoms with Gasteiger partial charge in [0.1, 0.15) is 11.6 Å². The average Bonchev–Trinajstić information content (AvgIpc) is 3.57. The number of anilines is 3. The van der Waals surface area contributed by atoms with Crippen LogP contribution in [0.2, 0.25) is 0 Å². The van der Waals surface area contributed by atoms with Crippen molar-refractivity contribution in [2.24, 2.45) is 0 Å². The van der Waals surface area contributed by atoms with E-state index in [-0.39, 0.29) is 16.4 Å². The standard InChI is InChI=1S/C46H40N2O2S/c1-45(2,3)31-20-23-37-38(26-31)42(41-24-21-34(51-41)25-30(28-47)44(49)50)36-22-19-32(46(4,5)6)27-39(36)43(37)48(33-15-8-7-9-16-33)40-18-12-14-29-13-10-11-17-35(29)40/h7-27H,1-6H3,(H,49,50)/b30-25-. The quantitative estimate of drug-likeness (QED) is 0.108. The van der Waals surface area contributed by atoms with E-state index in [0.29, 0.717) is 4.88 Å². The molecule has 0 spiro atoms. The van der Waals surface area contributed by atoms with Crippen molar-refractivity contribution < 1.29 is 9.90 Å². The third kappa shape index (κ3) is 6.29. The van der Waals surface area contributed by atoms with Crippen LogP contribution in [0.4, 0.5) is 17.1 Å². The van der Waals surface area contributed by atoms with Crippen LogP contribution < -0.4 is 4.90 Å². The number of thiophene rings is 1. The molecule has 6 aromatic carbocycles. The van der Waals surface area contributed by atoms with Gasteiger partial charge in [0, 0.05) is 37.2 Å². The van der Waals surface area contributed by atoms with Crippen molar-refractivity contribution in [3.63, 3.8) is 0 Å². The Hall–Kier alpha value is -5.70. The lowest BCUT2D eigenvalue weighted by Crippen LogP contribution is -2.14. The van der Waals surface area contributed by atoms with Crippen LogP contribution in [-0.2, 0) is 15.6 Å². The van der Waals surface area contributed by atoms with E-state index in [9.17, 15) is 15.2 Å². The first-order valence-electron chi connectivity index (χ1n) is 17.2. The van der Waals surface area contributed by atoms with Crippen molar-refractivity contribution in [2.45, 2.75) is 52.4 Å². The Morgan fingerprint density at radius 1 is 0.686 bits per heavy atom. The number of rotatable bonds is 6. The second kappa shape index (κ2) is 12.9. The highest BCUT2D eigenvalue weighted by Crippen LogP contribution is 2.51. The summed E-state index contributed by atoms with van der Waals surface area (Å²) in [6.07, 6.45) is 1.46. The number of carboxylic acids is 1. The number of aliphatic carboxylic acids is 1. The highest BCUT2D eigenvalue weighted by Gasteiger charge is 2.27. The van der Waals surface area contributed by atoms with E-state index < -0.39 is 5.97 Å². The molecule has 1 heterocycles. The van der Waals surface area contributed by atoms with Gasteiger partial charge >= 0.3 is 5.97 Å². The Morgan fingerprint density at radius 2 is 1.31 bits per heavy atom. The monoisotopic (exact) mass is 684 g/mol. The molecule has 0 fully saturated rings. The minimum absolute atomic E-state index is 0.0981. The number of fused-ring (bicyclic) bond motifs is 3. The molecule has 0 saturated heterocycles. The summed E-state index contributed by atoms with van der Waals surface area (Å²) in [6, 6.07) is 45.2. The number of carboxylic acid groups (broad SMARTS) is 1. The van der Waals surface area contributed by atoms with Gasteiger partial charge in [0.05, 0.1) is 11.4 Å². The molecule has 0 atom stereocenters. The number of nitrogens with zero attached hydrogens (tertiary/aromatic N) is 2. The maximum atomic E-state index is 11.7. The van der Waals surface area contributed by atoms with E-state index in [4.69, 9.17) is 0 Å². The molecule has 0 aliphatic rings. The predicted octanol–water partition coefficient (Wildman–Crippen LogP) is 12.9. The topological polar surface area (TPSA) is 64.3 Å². The molecule has 1 aromatic heterocycles. The molecule has 252 valence electrons. The van der Waals surface area contributed by atoms with E-state index in [0.717, 1.165) is 54.4 Å². The van der Waals surface area contributed by atoms with E-state index in [2.05, 4.69) is 162 Å². The van der Waals surface area contributed by atoms with Crippen LogP contribution in [-0.4, -0.2) is 11.1 Å². The van der Waals surface area contributed by atoms with Gasteiger partial charge in [0.15, 0.2) is 0 Å². The molecule has 0 amide bonds. The number of hydrogen-bond donors (Lipinski definition) is 1. The number of nitriles is 1. The zero-order chi connectivity index (χ0) is 36.1. The first-order valence-corrected chi connectivity index (χ1v) is 18.0. The molecule has 0 aliphatic carbocycles. The van der Waals surface area contributed by atoms with Gasteiger partial charge in [-0.2, -0.15) is 5.26 Å². The molecule has 4 nitrogen and oxygen atoms in total. The van der Waals surface area contributed by atoms with Crippen molar-refractivity contribution in [2.75, 3.05) is 4.90 Å². The summed E-state index contributed by atoms with van der Waals surface area (Å²) in [6.45, 7) is 13.5. The lowest BCUT2D eigenvalue weighted by Gasteiger charge is -2.31. The van der Waals surface area contributed by atoms with Crippen molar-refractivity contribution in [1.29, 1.82) is 5.26 Å². The van der Waals surface area contributed by atoms with Crippen LogP contribution in [0.25, 0.3) is 48.8 Å². The van der Waals surface area contributed by atoms with Gasteiger partial charge < -0.3 is 10.0 Å². The van der Waals surface area contributed by atoms with Crippen LogP contribution in [0.3, 0.4) is 0 Å². The summed E-state index contributed by atoms with van der Waals surface area (Å²) in [4.78, 5) is 15.9. The minimum Gasteiger partial charge on any atom is -0.477 e. The Labute approximate surface area is 303 Å². The molecule has 1 N–H and O–H groups in total. The molecule has 0 unspecified atom stereocenters. The molecule has 5 heteroatoms. The second-order valence-corrected chi connectivity index (χ2v) is 16.2. The van der Waals surface area contributed by atoms with Gasteiger partial charge in [-0.25, -0.2) is 4.79 Å². The van der Waals surface area contributed by atoms with E-state index in [1.54, 1.807) is 0 Å². The molecule has 0 aliphatic heterocycles. The molecule has 7 rings (SSSR count). The van der Waals surface area contributed by atoms with Gasteiger partial charge in [-0.15, -0.1) is 11.3 Å². The normalized spacial score (nSPS) is 12.4. The number of hydrogen-bond acceptors (Lipinski definition) is 4. The van der Waals surface area contributed by atoms with Crippen molar-refractivity contribution >= 4 is 72.8 Å². The second-order valence-electron chi connectivity index (χ2n) is 15.1. The number of benzene rings is 6. The van der Waals surface area contributed by atoms with Crippen molar-refractivity contribution in [3.8, 4) is 16.5 Å². The lowest BCUT2D eigenvalue weighted by atomic mass is 9.82. The fourth-order valence-electron chi connectivity index (χ4n) is 6.86. The Morgan fingerprint density at radius 3 is 1.98 bits per heavy atom. The van der Waals surface area contributed by atoms with Crippen LogP contribution in [0.15, 0.2) is 127 Å². The SMILES string of the molecule is CC(C)(C)c1ccc2c(N(c3ccccc3)c3cccc4ccccc34)c3cc(C(C)(C)C)ccc3c(-c3ccc(/C=C(/C#N)C(=O)O)s3)c2c1. The lowest BCUT2D eigenvalue weighted by molar-refractivity contribution is -0.132. The highest BCUT2D eigenvalue weighted by molar-refractivity contribution is 7.16.